The number of hydrogen-bond acceptors (Lipinski definition) is 3. The molecule has 0 aliphatic carbocycles. The van der Waals surface area contributed by atoms with Crippen molar-refractivity contribution in [2.75, 3.05) is 26.7 Å². The molecule has 70 valence electrons. The summed E-state index contributed by atoms with van der Waals surface area (Å²) in [6, 6.07) is 0. The van der Waals surface area contributed by atoms with Gasteiger partial charge in [0, 0.05) is 33.2 Å². The standard InChI is InChI=1S/C9H17NO2/c1-8(11)3-5-10-6-4-9(7-10)12-2/h9H,3-7H2,1-2H3. The minimum Gasteiger partial charge on any atom is -0.380 e. The Morgan fingerprint density at radius 3 is 2.92 bits per heavy atom. The second-order valence-corrected chi connectivity index (χ2v) is 3.40. The highest BCUT2D eigenvalue weighted by Gasteiger charge is 2.21. The van der Waals surface area contributed by atoms with Crippen molar-refractivity contribution in [2.24, 2.45) is 0 Å². The summed E-state index contributed by atoms with van der Waals surface area (Å²) in [5.41, 5.74) is 0. The molecule has 0 aromatic carbocycles. The van der Waals surface area contributed by atoms with Crippen LogP contribution in [-0.4, -0.2) is 43.5 Å². The Bertz CT molecular complexity index is 159. The molecule has 1 atom stereocenters. The Kier molecular flexibility index (Phi) is 3.69. The summed E-state index contributed by atoms with van der Waals surface area (Å²) in [5.74, 6) is 0.274. The largest absolute Gasteiger partial charge is 0.380 e. The Balaban J connectivity index is 2.15. The summed E-state index contributed by atoms with van der Waals surface area (Å²) in [5, 5.41) is 0. The molecule has 0 spiro atoms. The van der Waals surface area contributed by atoms with E-state index in [-0.39, 0.29) is 5.78 Å². The van der Waals surface area contributed by atoms with Crippen molar-refractivity contribution >= 4 is 5.78 Å². The molecule has 1 rings (SSSR count). The average molecular weight is 171 g/mol. The SMILES string of the molecule is COC1CCN(CCC(C)=O)C1. The van der Waals surface area contributed by atoms with Crippen molar-refractivity contribution in [2.45, 2.75) is 25.9 Å². The second-order valence-electron chi connectivity index (χ2n) is 3.40. The van der Waals surface area contributed by atoms with Gasteiger partial charge in [-0.3, -0.25) is 4.79 Å². The maximum absolute atomic E-state index is 10.7. The van der Waals surface area contributed by atoms with Crippen LogP contribution in [0.25, 0.3) is 0 Å². The third-order valence-corrected chi connectivity index (χ3v) is 2.34. The van der Waals surface area contributed by atoms with Gasteiger partial charge < -0.3 is 9.64 Å². The molecule has 1 saturated heterocycles. The Morgan fingerprint density at radius 1 is 1.67 bits per heavy atom. The first-order valence-corrected chi connectivity index (χ1v) is 4.47. The zero-order chi connectivity index (χ0) is 8.97. The Labute approximate surface area is 73.7 Å². The van der Waals surface area contributed by atoms with E-state index in [1.165, 1.54) is 0 Å². The lowest BCUT2D eigenvalue weighted by atomic mass is 10.3. The fraction of sp³-hybridized carbons (Fsp3) is 0.889. The van der Waals surface area contributed by atoms with Gasteiger partial charge in [-0.25, -0.2) is 0 Å². The first-order valence-electron chi connectivity index (χ1n) is 4.47. The summed E-state index contributed by atoms with van der Waals surface area (Å²) < 4.78 is 5.22. The molecular formula is C9H17NO2. The maximum Gasteiger partial charge on any atom is 0.131 e. The van der Waals surface area contributed by atoms with Gasteiger partial charge in [0.15, 0.2) is 0 Å². The molecule has 0 saturated carbocycles. The minimum atomic E-state index is 0.274. The summed E-state index contributed by atoms with van der Waals surface area (Å²) in [6.07, 6.45) is 2.17. The fourth-order valence-electron chi connectivity index (χ4n) is 1.51. The Morgan fingerprint density at radius 2 is 2.42 bits per heavy atom. The number of nitrogens with zero attached hydrogens (tertiary/aromatic N) is 1. The maximum atomic E-state index is 10.7. The van der Waals surface area contributed by atoms with Crippen LogP contribution in [0.15, 0.2) is 0 Å². The number of ether oxygens (including phenoxy) is 1. The molecule has 12 heavy (non-hydrogen) atoms. The van der Waals surface area contributed by atoms with E-state index in [2.05, 4.69) is 4.90 Å². The quantitative estimate of drug-likeness (QED) is 0.623. The van der Waals surface area contributed by atoms with Gasteiger partial charge in [0.2, 0.25) is 0 Å². The average Bonchev–Trinajstić information content (AvgIpc) is 2.48. The van der Waals surface area contributed by atoms with E-state index in [1.54, 1.807) is 14.0 Å². The molecule has 0 aromatic rings. The van der Waals surface area contributed by atoms with E-state index in [9.17, 15) is 4.79 Å². The highest BCUT2D eigenvalue weighted by molar-refractivity contribution is 5.75. The van der Waals surface area contributed by atoms with Crippen LogP contribution >= 0.6 is 0 Å². The lowest BCUT2D eigenvalue weighted by Crippen LogP contribution is -2.25. The van der Waals surface area contributed by atoms with Gasteiger partial charge >= 0.3 is 0 Å². The monoisotopic (exact) mass is 171 g/mol. The molecule has 0 bridgehead atoms. The molecule has 0 N–H and O–H groups in total. The van der Waals surface area contributed by atoms with Crippen molar-refractivity contribution < 1.29 is 9.53 Å². The molecule has 1 unspecified atom stereocenters. The van der Waals surface area contributed by atoms with Gasteiger partial charge in [-0.1, -0.05) is 0 Å². The number of hydrogen-bond donors (Lipinski definition) is 0. The van der Waals surface area contributed by atoms with Crippen LogP contribution in [0.5, 0.6) is 0 Å². The van der Waals surface area contributed by atoms with Crippen LogP contribution in [0.3, 0.4) is 0 Å². The molecular weight excluding hydrogens is 154 g/mol. The van der Waals surface area contributed by atoms with Crippen LogP contribution in [-0.2, 0) is 9.53 Å². The summed E-state index contributed by atoms with van der Waals surface area (Å²) in [4.78, 5) is 13.0. The third-order valence-electron chi connectivity index (χ3n) is 2.34. The van der Waals surface area contributed by atoms with E-state index < -0.39 is 0 Å². The third kappa shape index (κ3) is 2.91. The first kappa shape index (κ1) is 9.68. The van der Waals surface area contributed by atoms with Gasteiger partial charge in [0.05, 0.1) is 6.10 Å². The fourth-order valence-corrected chi connectivity index (χ4v) is 1.51. The number of rotatable bonds is 4. The van der Waals surface area contributed by atoms with Gasteiger partial charge in [-0.2, -0.15) is 0 Å². The summed E-state index contributed by atoms with van der Waals surface area (Å²) in [6.45, 7) is 4.61. The lowest BCUT2D eigenvalue weighted by Gasteiger charge is -2.13. The van der Waals surface area contributed by atoms with Crippen LogP contribution in [0.2, 0.25) is 0 Å². The van der Waals surface area contributed by atoms with E-state index in [4.69, 9.17) is 4.74 Å². The summed E-state index contributed by atoms with van der Waals surface area (Å²) in [7, 11) is 1.75. The number of likely N-dealkylation sites (tertiary alicyclic amines) is 1. The number of methoxy groups -OCH3 is 1. The number of ketones is 1. The van der Waals surface area contributed by atoms with Crippen LogP contribution < -0.4 is 0 Å². The predicted molar refractivity (Wildman–Crippen MR) is 47.2 cm³/mol. The van der Waals surface area contributed by atoms with Gasteiger partial charge in [0.1, 0.15) is 5.78 Å². The van der Waals surface area contributed by atoms with Crippen molar-refractivity contribution in [1.82, 2.24) is 4.90 Å². The predicted octanol–water partition coefficient (Wildman–Crippen LogP) is 0.686. The lowest BCUT2D eigenvalue weighted by molar-refractivity contribution is -0.117. The number of carbonyl (C=O) groups is 1. The molecule has 0 radical (unpaired) electrons. The van der Waals surface area contributed by atoms with Crippen molar-refractivity contribution in [3.63, 3.8) is 0 Å². The van der Waals surface area contributed by atoms with Crippen LogP contribution in [0.4, 0.5) is 0 Å². The zero-order valence-corrected chi connectivity index (χ0v) is 7.88. The van der Waals surface area contributed by atoms with Gasteiger partial charge in [-0.05, 0) is 13.3 Å². The molecule has 3 nitrogen and oxygen atoms in total. The number of carbonyl (C=O) groups excluding carboxylic acids is 1. The minimum absolute atomic E-state index is 0.274. The highest BCUT2D eigenvalue weighted by atomic mass is 16.5. The van der Waals surface area contributed by atoms with Crippen molar-refractivity contribution in [1.29, 1.82) is 0 Å². The van der Waals surface area contributed by atoms with Crippen LogP contribution in [0.1, 0.15) is 19.8 Å². The van der Waals surface area contributed by atoms with E-state index in [1.807, 2.05) is 0 Å². The molecule has 1 heterocycles. The molecule has 0 aromatic heterocycles. The topological polar surface area (TPSA) is 29.5 Å². The number of Topliss-reactive ketones (excluding diaryl/α,β-unsaturated/α-hetero) is 1. The van der Waals surface area contributed by atoms with E-state index in [0.29, 0.717) is 12.5 Å². The molecule has 3 heteroatoms. The highest BCUT2D eigenvalue weighted by Crippen LogP contribution is 2.11. The molecule has 0 amide bonds. The molecule has 1 aliphatic heterocycles. The van der Waals surface area contributed by atoms with Gasteiger partial charge in [-0.15, -0.1) is 0 Å². The van der Waals surface area contributed by atoms with Crippen LogP contribution in [0, 0.1) is 0 Å². The molecule has 1 fully saturated rings. The van der Waals surface area contributed by atoms with Crippen molar-refractivity contribution in [3.8, 4) is 0 Å². The van der Waals surface area contributed by atoms with E-state index >= 15 is 0 Å². The smallest absolute Gasteiger partial charge is 0.131 e. The molecule has 1 aliphatic rings. The Hall–Kier alpha value is -0.410. The normalized spacial score (nSPS) is 24.7. The van der Waals surface area contributed by atoms with Crippen molar-refractivity contribution in [3.05, 3.63) is 0 Å². The van der Waals surface area contributed by atoms with Gasteiger partial charge in [0.25, 0.3) is 0 Å². The second kappa shape index (κ2) is 4.58. The van der Waals surface area contributed by atoms with E-state index in [0.717, 1.165) is 26.1 Å². The summed E-state index contributed by atoms with van der Waals surface area (Å²) >= 11 is 0. The first-order chi connectivity index (χ1) is 5.72. The zero-order valence-electron chi connectivity index (χ0n) is 7.88.